The molecular formula is C24H29N5O4S. The third-order valence-electron chi connectivity index (χ3n) is 5.66. The van der Waals surface area contributed by atoms with E-state index in [-0.39, 0.29) is 29.4 Å². The van der Waals surface area contributed by atoms with Gasteiger partial charge in [-0.15, -0.1) is 0 Å². The van der Waals surface area contributed by atoms with Gasteiger partial charge in [0.2, 0.25) is 10.0 Å². The van der Waals surface area contributed by atoms with Gasteiger partial charge < -0.3 is 4.57 Å². The number of nitrogens with zero attached hydrogens (tertiary/aromatic N) is 4. The number of nitrogens with one attached hydrogen (secondary N) is 1. The summed E-state index contributed by atoms with van der Waals surface area (Å²) in [5.41, 5.74) is 7.50. The number of aromatic nitrogens is 1. The van der Waals surface area contributed by atoms with Crippen molar-refractivity contribution < 1.29 is 13.3 Å². The topological polar surface area (TPSA) is 110 Å². The van der Waals surface area contributed by atoms with Crippen molar-refractivity contribution in [3.8, 4) is 5.69 Å². The second kappa shape index (κ2) is 10.2. The lowest BCUT2D eigenvalue weighted by atomic mass is 10.2. The number of anilines is 1. The summed E-state index contributed by atoms with van der Waals surface area (Å²) in [7, 11) is -3.81. The highest BCUT2D eigenvalue weighted by Gasteiger charge is 2.25. The fraction of sp³-hybridized carbons (Fsp3) is 0.292. The van der Waals surface area contributed by atoms with Crippen molar-refractivity contribution in [1.82, 2.24) is 8.87 Å². The Balaban J connectivity index is 1.88. The van der Waals surface area contributed by atoms with Crippen LogP contribution in [-0.4, -0.2) is 41.5 Å². The Bertz CT molecular complexity index is 1320. The highest BCUT2D eigenvalue weighted by molar-refractivity contribution is 7.89. The molecule has 0 spiro atoms. The number of hydrazone groups is 1. The van der Waals surface area contributed by atoms with E-state index in [1.54, 1.807) is 20.1 Å². The summed E-state index contributed by atoms with van der Waals surface area (Å²) in [6.45, 7) is 10.00. The van der Waals surface area contributed by atoms with Crippen LogP contribution in [0.3, 0.4) is 0 Å². The van der Waals surface area contributed by atoms with Gasteiger partial charge >= 0.3 is 0 Å². The summed E-state index contributed by atoms with van der Waals surface area (Å²) in [5.74, 6) is 0. The Morgan fingerprint density at radius 1 is 1.06 bits per heavy atom. The summed E-state index contributed by atoms with van der Waals surface area (Å²) < 4.78 is 28.8. The Kier molecular flexibility index (Phi) is 7.53. The van der Waals surface area contributed by atoms with E-state index in [9.17, 15) is 18.5 Å². The molecule has 0 saturated carbocycles. The first-order chi connectivity index (χ1) is 16.1. The fourth-order valence-electron chi connectivity index (χ4n) is 3.81. The zero-order valence-corrected chi connectivity index (χ0v) is 20.8. The molecular weight excluding hydrogens is 454 g/mol. The van der Waals surface area contributed by atoms with E-state index in [0.29, 0.717) is 0 Å². The van der Waals surface area contributed by atoms with E-state index < -0.39 is 14.9 Å². The van der Waals surface area contributed by atoms with Crippen LogP contribution in [-0.2, 0) is 10.0 Å². The fourth-order valence-corrected chi connectivity index (χ4v) is 5.29. The lowest BCUT2D eigenvalue weighted by Crippen LogP contribution is -2.30. The second-order valence-corrected chi connectivity index (χ2v) is 9.83. The van der Waals surface area contributed by atoms with Crippen molar-refractivity contribution in [3.05, 3.63) is 81.2 Å². The minimum atomic E-state index is -3.81. The number of benzene rings is 2. The number of hydrogen-bond acceptors (Lipinski definition) is 6. The molecule has 9 nitrogen and oxygen atoms in total. The van der Waals surface area contributed by atoms with Crippen LogP contribution in [0.2, 0.25) is 0 Å². The molecule has 0 aliphatic heterocycles. The summed E-state index contributed by atoms with van der Waals surface area (Å²) in [4.78, 5) is 10.9. The maximum atomic E-state index is 12.7. The molecule has 1 heterocycles. The van der Waals surface area contributed by atoms with E-state index in [1.165, 1.54) is 22.0 Å². The monoisotopic (exact) mass is 483 g/mol. The number of aryl methyl sites for hydroxylation is 2. The molecule has 3 aromatic rings. The first-order valence-corrected chi connectivity index (χ1v) is 12.4. The van der Waals surface area contributed by atoms with Crippen molar-refractivity contribution in [3.63, 3.8) is 0 Å². The molecule has 0 fully saturated rings. The van der Waals surface area contributed by atoms with E-state index in [2.05, 4.69) is 15.1 Å². The number of hydrogen-bond donors (Lipinski definition) is 1. The summed E-state index contributed by atoms with van der Waals surface area (Å²) in [6, 6.07) is 13.9. The van der Waals surface area contributed by atoms with Crippen molar-refractivity contribution >= 4 is 27.6 Å². The van der Waals surface area contributed by atoms with Gasteiger partial charge in [-0.25, -0.2) is 8.42 Å². The molecule has 0 atom stereocenters. The van der Waals surface area contributed by atoms with Gasteiger partial charge in [0.25, 0.3) is 5.69 Å². The zero-order chi connectivity index (χ0) is 25.0. The molecule has 1 N–H and O–H groups in total. The average molecular weight is 484 g/mol. The van der Waals surface area contributed by atoms with Crippen LogP contribution in [0.1, 0.15) is 36.4 Å². The molecule has 0 aliphatic carbocycles. The largest absolute Gasteiger partial charge is 0.318 e. The van der Waals surface area contributed by atoms with Gasteiger partial charge in [-0.3, -0.25) is 15.5 Å². The predicted octanol–water partition coefficient (Wildman–Crippen LogP) is 4.79. The minimum Gasteiger partial charge on any atom is -0.318 e. The third-order valence-corrected chi connectivity index (χ3v) is 7.71. The molecule has 10 heteroatoms. The van der Waals surface area contributed by atoms with Crippen molar-refractivity contribution in [1.29, 1.82) is 0 Å². The van der Waals surface area contributed by atoms with Crippen LogP contribution in [0.4, 0.5) is 11.4 Å². The Labute approximate surface area is 199 Å². The smallest absolute Gasteiger partial charge is 0.295 e. The molecule has 0 aliphatic rings. The number of sulfonamides is 1. The van der Waals surface area contributed by atoms with Crippen molar-refractivity contribution in [2.24, 2.45) is 5.10 Å². The van der Waals surface area contributed by atoms with E-state index in [0.717, 1.165) is 28.7 Å². The normalized spacial score (nSPS) is 11.9. The van der Waals surface area contributed by atoms with Gasteiger partial charge in [-0.05, 0) is 51.1 Å². The van der Waals surface area contributed by atoms with Crippen molar-refractivity contribution in [2.75, 3.05) is 18.5 Å². The van der Waals surface area contributed by atoms with E-state index in [1.807, 2.05) is 51.1 Å². The molecule has 2 aromatic carbocycles. The van der Waals surface area contributed by atoms with Crippen LogP contribution < -0.4 is 5.43 Å². The first-order valence-electron chi connectivity index (χ1n) is 10.9. The molecule has 0 amide bonds. The van der Waals surface area contributed by atoms with Crippen LogP contribution in [0.25, 0.3) is 5.69 Å². The summed E-state index contributed by atoms with van der Waals surface area (Å²) >= 11 is 0. The second-order valence-electron chi connectivity index (χ2n) is 7.89. The molecule has 3 rings (SSSR count). The number of nitro groups is 1. The van der Waals surface area contributed by atoms with Gasteiger partial charge in [-0.2, -0.15) is 9.41 Å². The Morgan fingerprint density at radius 3 is 2.29 bits per heavy atom. The van der Waals surface area contributed by atoms with Crippen LogP contribution in [0, 0.1) is 30.9 Å². The minimum absolute atomic E-state index is 0.104. The maximum Gasteiger partial charge on any atom is 0.295 e. The molecule has 34 heavy (non-hydrogen) atoms. The zero-order valence-electron chi connectivity index (χ0n) is 19.9. The maximum absolute atomic E-state index is 12.7. The van der Waals surface area contributed by atoms with E-state index >= 15 is 0 Å². The molecule has 1 aromatic heterocycles. The predicted molar refractivity (Wildman–Crippen MR) is 134 cm³/mol. The van der Waals surface area contributed by atoms with Gasteiger partial charge in [0.1, 0.15) is 5.69 Å². The Morgan fingerprint density at radius 2 is 1.71 bits per heavy atom. The summed E-state index contributed by atoms with van der Waals surface area (Å²) in [5, 5.41) is 15.8. The van der Waals surface area contributed by atoms with Gasteiger partial charge in [0, 0.05) is 41.8 Å². The van der Waals surface area contributed by atoms with Crippen molar-refractivity contribution in [2.45, 2.75) is 39.5 Å². The molecule has 0 unspecified atom stereocenters. The lowest BCUT2D eigenvalue weighted by Gasteiger charge is -2.18. The third kappa shape index (κ3) is 5.02. The highest BCUT2D eigenvalue weighted by atomic mass is 32.2. The first kappa shape index (κ1) is 25.1. The standard InChI is InChI=1S/C24H29N5O4S/c1-6-27(7-2)34(32,33)22-12-13-23(24(15-22)29(30)31)26-25-16-20-14-18(4)28(19(20)5)21-10-8-17(3)9-11-21/h8-16,26H,6-7H2,1-5H3/b25-16+. The van der Waals surface area contributed by atoms with E-state index in [4.69, 9.17) is 0 Å². The van der Waals surface area contributed by atoms with Gasteiger partial charge in [0.15, 0.2) is 0 Å². The van der Waals surface area contributed by atoms with Gasteiger partial charge in [0.05, 0.1) is 16.0 Å². The summed E-state index contributed by atoms with van der Waals surface area (Å²) in [6.07, 6.45) is 1.59. The molecule has 0 bridgehead atoms. The number of nitro benzene ring substituents is 1. The van der Waals surface area contributed by atoms with Gasteiger partial charge in [-0.1, -0.05) is 31.5 Å². The molecule has 0 radical (unpaired) electrons. The average Bonchev–Trinajstić information content (AvgIpc) is 3.08. The lowest BCUT2D eigenvalue weighted by molar-refractivity contribution is -0.384. The Hall–Kier alpha value is -3.50. The molecule has 0 saturated heterocycles. The molecule has 180 valence electrons. The quantitative estimate of drug-likeness (QED) is 0.267. The van der Waals surface area contributed by atoms with Crippen LogP contribution >= 0.6 is 0 Å². The van der Waals surface area contributed by atoms with Crippen LogP contribution in [0.15, 0.2) is 58.5 Å². The number of rotatable bonds is 9. The SMILES string of the molecule is CCN(CC)S(=O)(=O)c1ccc(N/N=C/c2cc(C)n(-c3ccc(C)cc3)c2C)c([N+](=O)[O-])c1. The van der Waals surface area contributed by atoms with Crippen LogP contribution in [0.5, 0.6) is 0 Å². The highest BCUT2D eigenvalue weighted by Crippen LogP contribution is 2.29.